The number of rotatable bonds is 4. The van der Waals surface area contributed by atoms with Crippen LogP contribution in [0.15, 0.2) is 70.5 Å². The van der Waals surface area contributed by atoms with Gasteiger partial charge in [0, 0.05) is 18.2 Å². The van der Waals surface area contributed by atoms with E-state index in [1.807, 2.05) is 30.3 Å². The van der Waals surface area contributed by atoms with Crippen molar-refractivity contribution < 1.29 is 13.9 Å². The molecule has 3 aromatic carbocycles. The summed E-state index contributed by atoms with van der Waals surface area (Å²) < 4.78 is 19.6. The highest BCUT2D eigenvalue weighted by Crippen LogP contribution is 2.32. The molecule has 0 unspecified atom stereocenters. The van der Waals surface area contributed by atoms with Crippen LogP contribution in [0, 0.1) is 5.82 Å². The maximum atomic E-state index is 14.7. The van der Waals surface area contributed by atoms with Crippen molar-refractivity contribution in [2.75, 3.05) is 6.61 Å². The molecule has 4 aromatic rings. The summed E-state index contributed by atoms with van der Waals surface area (Å²) in [6.45, 7) is 2.02. The second-order valence-corrected chi connectivity index (χ2v) is 7.95. The van der Waals surface area contributed by atoms with Crippen LogP contribution in [0.2, 0.25) is 0 Å². The van der Waals surface area contributed by atoms with E-state index in [1.165, 1.54) is 6.07 Å². The zero-order valence-electron chi connectivity index (χ0n) is 18.4. The first-order chi connectivity index (χ1) is 16.5. The Morgan fingerprint density at radius 3 is 2.68 bits per heavy atom. The molecule has 0 atom stereocenters. The first-order valence-electron chi connectivity index (χ1n) is 10.9. The number of carbonyl (C=O) groups excluding carboxylic acids is 1. The third kappa shape index (κ3) is 4.17. The van der Waals surface area contributed by atoms with Gasteiger partial charge in [-0.1, -0.05) is 36.4 Å². The van der Waals surface area contributed by atoms with Crippen molar-refractivity contribution in [2.24, 2.45) is 4.99 Å². The van der Waals surface area contributed by atoms with Gasteiger partial charge in [-0.05, 0) is 53.4 Å². The molecule has 0 spiro atoms. The van der Waals surface area contributed by atoms with Crippen molar-refractivity contribution in [1.82, 2.24) is 15.5 Å². The second-order valence-electron chi connectivity index (χ2n) is 7.95. The molecule has 0 saturated heterocycles. The molecule has 0 fully saturated rings. The minimum atomic E-state index is -0.527. The SMILES string of the molecule is CCOC(=O)NC1=Nc2cc(-c3ccc(F)c(Cc4n[nH]c(=O)c5ccccc45)c3)ccc2C1. The Morgan fingerprint density at radius 2 is 1.85 bits per heavy atom. The predicted octanol–water partition coefficient (Wildman–Crippen LogP) is 4.65. The van der Waals surface area contributed by atoms with Crippen molar-refractivity contribution in [3.8, 4) is 11.1 Å². The Kier molecular flexibility index (Phi) is 5.63. The number of H-pyrrole nitrogens is 1. The molecule has 2 heterocycles. The average molecular weight is 456 g/mol. The molecule has 1 aliphatic heterocycles. The first kappa shape index (κ1) is 21.5. The lowest BCUT2D eigenvalue weighted by atomic mass is 9.97. The maximum Gasteiger partial charge on any atom is 0.412 e. The molecule has 1 aromatic heterocycles. The molecular formula is C26H21FN4O3. The molecule has 170 valence electrons. The lowest BCUT2D eigenvalue weighted by Crippen LogP contribution is -2.30. The van der Waals surface area contributed by atoms with Gasteiger partial charge in [-0.25, -0.2) is 19.3 Å². The topological polar surface area (TPSA) is 96.4 Å². The molecule has 1 aliphatic rings. The summed E-state index contributed by atoms with van der Waals surface area (Å²) in [5.41, 5.74) is 4.24. The Hall–Kier alpha value is -4.33. The Bertz CT molecular complexity index is 1510. The van der Waals surface area contributed by atoms with Crippen LogP contribution in [-0.2, 0) is 17.6 Å². The van der Waals surface area contributed by atoms with E-state index in [9.17, 15) is 14.0 Å². The van der Waals surface area contributed by atoms with Crippen molar-refractivity contribution in [3.05, 3.63) is 93.7 Å². The molecule has 1 amide bonds. The van der Waals surface area contributed by atoms with Gasteiger partial charge < -0.3 is 4.74 Å². The highest BCUT2D eigenvalue weighted by molar-refractivity contribution is 6.01. The van der Waals surface area contributed by atoms with Crippen LogP contribution in [0.25, 0.3) is 21.9 Å². The van der Waals surface area contributed by atoms with E-state index in [-0.39, 0.29) is 24.4 Å². The number of aromatic nitrogens is 2. The van der Waals surface area contributed by atoms with E-state index >= 15 is 0 Å². The lowest BCUT2D eigenvalue weighted by Gasteiger charge is -2.09. The van der Waals surface area contributed by atoms with Gasteiger partial charge in [-0.3, -0.25) is 10.1 Å². The molecule has 0 saturated carbocycles. The number of benzene rings is 3. The molecule has 0 bridgehead atoms. The van der Waals surface area contributed by atoms with Gasteiger partial charge in [0.05, 0.1) is 23.4 Å². The molecule has 8 heteroatoms. The summed E-state index contributed by atoms with van der Waals surface area (Å²) in [6, 6.07) is 17.9. The molecule has 34 heavy (non-hydrogen) atoms. The summed E-state index contributed by atoms with van der Waals surface area (Å²) in [5.74, 6) is 0.183. The number of nitrogens with zero attached hydrogens (tertiary/aromatic N) is 2. The Balaban J connectivity index is 1.45. The molecule has 0 aliphatic carbocycles. The Morgan fingerprint density at radius 1 is 1.09 bits per heavy atom. The van der Waals surface area contributed by atoms with Crippen LogP contribution in [0.4, 0.5) is 14.9 Å². The molecule has 7 nitrogen and oxygen atoms in total. The zero-order valence-corrected chi connectivity index (χ0v) is 18.4. The minimum absolute atomic E-state index is 0.230. The summed E-state index contributed by atoms with van der Waals surface area (Å²) in [6.07, 6.45) is 0.211. The fourth-order valence-corrected chi connectivity index (χ4v) is 4.10. The number of fused-ring (bicyclic) bond motifs is 2. The van der Waals surface area contributed by atoms with E-state index in [4.69, 9.17) is 4.74 Å². The minimum Gasteiger partial charge on any atom is -0.450 e. The number of nitrogens with one attached hydrogen (secondary N) is 2. The highest BCUT2D eigenvalue weighted by Gasteiger charge is 2.18. The van der Waals surface area contributed by atoms with Gasteiger partial charge in [0.1, 0.15) is 11.7 Å². The van der Waals surface area contributed by atoms with Gasteiger partial charge in [0.15, 0.2) is 0 Å². The number of ether oxygens (including phenoxy) is 1. The fourth-order valence-electron chi connectivity index (χ4n) is 4.10. The molecule has 2 N–H and O–H groups in total. The van der Waals surface area contributed by atoms with Crippen LogP contribution in [0.3, 0.4) is 0 Å². The smallest absolute Gasteiger partial charge is 0.412 e. The third-order valence-corrected chi connectivity index (χ3v) is 5.73. The number of halogens is 1. The summed E-state index contributed by atoms with van der Waals surface area (Å²) in [4.78, 5) is 28.2. The zero-order chi connectivity index (χ0) is 23.7. The number of aliphatic imine (C=N–C) groups is 1. The number of carbonyl (C=O) groups is 1. The molecule has 5 rings (SSSR count). The van der Waals surface area contributed by atoms with Crippen molar-refractivity contribution in [3.63, 3.8) is 0 Å². The van der Waals surface area contributed by atoms with Gasteiger partial charge in [-0.15, -0.1) is 0 Å². The quantitative estimate of drug-likeness (QED) is 0.467. The van der Waals surface area contributed by atoms with Crippen molar-refractivity contribution in [2.45, 2.75) is 19.8 Å². The van der Waals surface area contributed by atoms with E-state index in [0.717, 1.165) is 22.4 Å². The number of amidine groups is 1. The summed E-state index contributed by atoms with van der Waals surface area (Å²) in [7, 11) is 0. The summed E-state index contributed by atoms with van der Waals surface area (Å²) >= 11 is 0. The fraction of sp³-hybridized carbons (Fsp3) is 0.154. The number of hydrogen-bond acceptors (Lipinski definition) is 5. The lowest BCUT2D eigenvalue weighted by molar-refractivity contribution is 0.157. The number of aromatic amines is 1. The normalized spacial score (nSPS) is 12.4. The van der Waals surface area contributed by atoms with Gasteiger partial charge >= 0.3 is 6.09 Å². The van der Waals surface area contributed by atoms with Gasteiger partial charge in [0.25, 0.3) is 5.56 Å². The van der Waals surface area contributed by atoms with E-state index in [0.29, 0.717) is 34.3 Å². The maximum absolute atomic E-state index is 14.7. The monoisotopic (exact) mass is 456 g/mol. The molecular weight excluding hydrogens is 435 g/mol. The Labute approximate surface area is 194 Å². The number of amides is 1. The van der Waals surface area contributed by atoms with Crippen LogP contribution < -0.4 is 10.9 Å². The second kappa shape index (κ2) is 8.90. The van der Waals surface area contributed by atoms with E-state index in [1.54, 1.807) is 31.2 Å². The molecule has 0 radical (unpaired) electrons. The predicted molar refractivity (Wildman–Crippen MR) is 128 cm³/mol. The van der Waals surface area contributed by atoms with Crippen LogP contribution in [0.5, 0.6) is 0 Å². The van der Waals surface area contributed by atoms with Crippen molar-refractivity contribution in [1.29, 1.82) is 0 Å². The van der Waals surface area contributed by atoms with Crippen LogP contribution in [-0.4, -0.2) is 28.7 Å². The van der Waals surface area contributed by atoms with Crippen molar-refractivity contribution >= 4 is 28.4 Å². The van der Waals surface area contributed by atoms with Gasteiger partial charge in [-0.2, -0.15) is 5.10 Å². The van der Waals surface area contributed by atoms with Gasteiger partial charge in [0.2, 0.25) is 0 Å². The van der Waals surface area contributed by atoms with E-state index < -0.39 is 6.09 Å². The number of alkyl carbamates (subject to hydrolysis) is 1. The number of hydrogen-bond donors (Lipinski definition) is 2. The first-order valence-corrected chi connectivity index (χ1v) is 10.9. The highest BCUT2D eigenvalue weighted by atomic mass is 19.1. The average Bonchev–Trinajstić information content (AvgIpc) is 3.24. The third-order valence-electron chi connectivity index (χ3n) is 5.73. The van der Waals surface area contributed by atoms with Crippen LogP contribution >= 0.6 is 0 Å². The van der Waals surface area contributed by atoms with Crippen LogP contribution in [0.1, 0.15) is 23.7 Å². The van der Waals surface area contributed by atoms with E-state index in [2.05, 4.69) is 20.5 Å². The standard InChI is InChI=1S/C26H21FN4O3/c1-2-34-26(33)29-24-14-17-8-7-16(12-22(17)28-24)15-9-10-21(27)18(11-15)13-23-19-5-3-4-6-20(19)25(32)31-30-23/h3-12H,2,13-14H2,1H3,(H,31,32)(H,28,29,33). The summed E-state index contributed by atoms with van der Waals surface area (Å²) in [5, 5.41) is 10.5. The largest absolute Gasteiger partial charge is 0.450 e.